The SMILES string of the molecule is CC(C)C(CBr)CS(C)(=O)=O. The quantitative estimate of drug-likeness (QED) is 0.704. The van der Waals surface area contributed by atoms with Crippen LogP contribution in [-0.2, 0) is 9.84 Å². The lowest BCUT2D eigenvalue weighted by molar-refractivity contribution is 0.463. The van der Waals surface area contributed by atoms with Crippen molar-refractivity contribution in [1.29, 1.82) is 0 Å². The Bertz CT molecular complexity index is 196. The van der Waals surface area contributed by atoms with E-state index in [-0.39, 0.29) is 11.7 Å². The topological polar surface area (TPSA) is 34.1 Å². The third-order valence-electron chi connectivity index (χ3n) is 1.66. The minimum atomic E-state index is -2.81. The third-order valence-corrected chi connectivity index (χ3v) is 3.52. The first kappa shape index (κ1) is 11.4. The first-order chi connectivity index (χ1) is 4.87. The summed E-state index contributed by atoms with van der Waals surface area (Å²) in [6, 6.07) is 0. The maximum Gasteiger partial charge on any atom is 0.147 e. The number of sulfone groups is 1. The van der Waals surface area contributed by atoms with E-state index in [1.807, 2.05) is 13.8 Å². The smallest absolute Gasteiger partial charge is 0.147 e. The molecule has 1 unspecified atom stereocenters. The summed E-state index contributed by atoms with van der Waals surface area (Å²) in [4.78, 5) is 0. The summed E-state index contributed by atoms with van der Waals surface area (Å²) in [6.45, 7) is 4.08. The van der Waals surface area contributed by atoms with Gasteiger partial charge in [-0.2, -0.15) is 0 Å². The summed E-state index contributed by atoms with van der Waals surface area (Å²) in [5.41, 5.74) is 0. The van der Waals surface area contributed by atoms with Gasteiger partial charge < -0.3 is 0 Å². The first-order valence-corrected chi connectivity index (χ1v) is 6.78. The predicted octanol–water partition coefficient (Wildman–Crippen LogP) is 1.70. The normalized spacial score (nSPS) is 15.4. The summed E-state index contributed by atoms with van der Waals surface area (Å²) in [6.07, 6.45) is 1.28. The highest BCUT2D eigenvalue weighted by Gasteiger charge is 2.17. The van der Waals surface area contributed by atoms with E-state index in [0.717, 1.165) is 5.33 Å². The molecule has 0 aromatic rings. The molecule has 0 aliphatic heterocycles. The standard InChI is InChI=1S/C7H15BrO2S/c1-6(2)7(4-8)5-11(3,9)10/h6-7H,4-5H2,1-3H3. The number of halogens is 1. The largest absolute Gasteiger partial charge is 0.229 e. The molecule has 0 rings (SSSR count). The molecule has 0 spiro atoms. The van der Waals surface area contributed by atoms with Crippen molar-refractivity contribution in [2.45, 2.75) is 13.8 Å². The molecule has 0 radical (unpaired) electrons. The van der Waals surface area contributed by atoms with Crippen LogP contribution in [0.1, 0.15) is 13.8 Å². The first-order valence-electron chi connectivity index (χ1n) is 3.60. The van der Waals surface area contributed by atoms with Gasteiger partial charge in [0.1, 0.15) is 9.84 Å². The maximum absolute atomic E-state index is 10.9. The van der Waals surface area contributed by atoms with Gasteiger partial charge >= 0.3 is 0 Å². The molecule has 2 nitrogen and oxygen atoms in total. The second kappa shape index (κ2) is 4.45. The van der Waals surface area contributed by atoms with Crippen LogP contribution in [0.3, 0.4) is 0 Å². The van der Waals surface area contributed by atoms with E-state index in [1.54, 1.807) is 0 Å². The van der Waals surface area contributed by atoms with E-state index in [4.69, 9.17) is 0 Å². The Hall–Kier alpha value is 0.430. The van der Waals surface area contributed by atoms with Gasteiger partial charge in [0.05, 0.1) is 5.75 Å². The average molecular weight is 243 g/mol. The fraction of sp³-hybridized carbons (Fsp3) is 1.00. The Kier molecular flexibility index (Phi) is 4.63. The zero-order valence-corrected chi connectivity index (χ0v) is 9.57. The fourth-order valence-corrected chi connectivity index (χ4v) is 3.36. The van der Waals surface area contributed by atoms with E-state index < -0.39 is 9.84 Å². The van der Waals surface area contributed by atoms with Gasteiger partial charge in [0.25, 0.3) is 0 Å². The van der Waals surface area contributed by atoms with Crippen LogP contribution < -0.4 is 0 Å². The Morgan fingerprint density at radius 1 is 1.36 bits per heavy atom. The summed E-state index contributed by atoms with van der Waals surface area (Å²) < 4.78 is 21.8. The zero-order chi connectivity index (χ0) is 9.07. The van der Waals surface area contributed by atoms with Crippen molar-refractivity contribution in [3.8, 4) is 0 Å². The molecule has 1 atom stereocenters. The van der Waals surface area contributed by atoms with E-state index in [2.05, 4.69) is 15.9 Å². The van der Waals surface area contributed by atoms with Crippen molar-refractivity contribution in [1.82, 2.24) is 0 Å². The van der Waals surface area contributed by atoms with E-state index in [1.165, 1.54) is 6.26 Å². The van der Waals surface area contributed by atoms with Crippen molar-refractivity contribution < 1.29 is 8.42 Å². The molecular formula is C7H15BrO2S. The molecule has 0 N–H and O–H groups in total. The summed E-state index contributed by atoms with van der Waals surface area (Å²) >= 11 is 3.30. The lowest BCUT2D eigenvalue weighted by Gasteiger charge is -2.16. The van der Waals surface area contributed by atoms with Crippen LogP contribution >= 0.6 is 15.9 Å². The molecule has 0 aromatic carbocycles. The van der Waals surface area contributed by atoms with Gasteiger partial charge in [-0.05, 0) is 11.8 Å². The molecule has 0 aliphatic carbocycles. The van der Waals surface area contributed by atoms with Crippen molar-refractivity contribution in [3.05, 3.63) is 0 Å². The zero-order valence-electron chi connectivity index (χ0n) is 7.17. The molecular weight excluding hydrogens is 228 g/mol. The molecule has 4 heteroatoms. The van der Waals surface area contributed by atoms with Crippen molar-refractivity contribution in [2.75, 3.05) is 17.3 Å². The summed E-state index contributed by atoms with van der Waals surface area (Å²) in [5.74, 6) is 0.949. The molecule has 0 fully saturated rings. The molecule has 0 saturated heterocycles. The molecule has 0 saturated carbocycles. The van der Waals surface area contributed by atoms with Crippen LogP contribution in [0.15, 0.2) is 0 Å². The van der Waals surface area contributed by atoms with Crippen LogP contribution in [0, 0.1) is 11.8 Å². The Balaban J connectivity index is 4.10. The number of alkyl halides is 1. The molecule has 0 bridgehead atoms. The van der Waals surface area contributed by atoms with E-state index in [9.17, 15) is 8.42 Å². The molecule has 0 amide bonds. The second-order valence-corrected chi connectivity index (χ2v) is 6.08. The summed E-state index contributed by atoms with van der Waals surface area (Å²) in [7, 11) is -2.81. The monoisotopic (exact) mass is 242 g/mol. The minimum absolute atomic E-state index is 0.241. The van der Waals surface area contributed by atoms with Gasteiger partial charge in [-0.3, -0.25) is 0 Å². The van der Waals surface area contributed by atoms with Gasteiger partial charge in [-0.15, -0.1) is 0 Å². The predicted molar refractivity (Wildman–Crippen MR) is 51.8 cm³/mol. The second-order valence-electron chi connectivity index (χ2n) is 3.25. The van der Waals surface area contributed by atoms with E-state index in [0.29, 0.717) is 5.92 Å². The fourth-order valence-electron chi connectivity index (χ4n) is 0.804. The molecule has 0 aromatic heterocycles. The van der Waals surface area contributed by atoms with Gasteiger partial charge in [0, 0.05) is 11.6 Å². The van der Waals surface area contributed by atoms with Crippen LogP contribution in [0.2, 0.25) is 0 Å². The number of hydrogen-bond donors (Lipinski definition) is 0. The third kappa shape index (κ3) is 5.67. The molecule has 11 heavy (non-hydrogen) atoms. The number of hydrogen-bond acceptors (Lipinski definition) is 2. The van der Waals surface area contributed by atoms with Gasteiger partial charge in [-0.1, -0.05) is 29.8 Å². The Morgan fingerprint density at radius 3 is 1.91 bits per heavy atom. The number of rotatable bonds is 4. The van der Waals surface area contributed by atoms with Crippen molar-refractivity contribution in [2.24, 2.45) is 11.8 Å². The van der Waals surface area contributed by atoms with Crippen LogP contribution in [0.25, 0.3) is 0 Å². The van der Waals surface area contributed by atoms with Crippen LogP contribution in [0.5, 0.6) is 0 Å². The van der Waals surface area contributed by atoms with Gasteiger partial charge in [0.15, 0.2) is 0 Å². The molecule has 68 valence electrons. The van der Waals surface area contributed by atoms with Crippen molar-refractivity contribution >= 4 is 25.8 Å². The summed E-state index contributed by atoms with van der Waals surface area (Å²) in [5, 5.41) is 0.762. The van der Waals surface area contributed by atoms with Crippen molar-refractivity contribution in [3.63, 3.8) is 0 Å². The van der Waals surface area contributed by atoms with Gasteiger partial charge in [0.2, 0.25) is 0 Å². The van der Waals surface area contributed by atoms with Crippen LogP contribution in [-0.4, -0.2) is 25.8 Å². The van der Waals surface area contributed by atoms with E-state index >= 15 is 0 Å². The average Bonchev–Trinajstić information content (AvgIpc) is 1.80. The lowest BCUT2D eigenvalue weighted by Crippen LogP contribution is -2.20. The Morgan fingerprint density at radius 2 is 1.82 bits per heavy atom. The highest BCUT2D eigenvalue weighted by atomic mass is 79.9. The minimum Gasteiger partial charge on any atom is -0.229 e. The Labute approximate surface area is 77.4 Å². The highest BCUT2D eigenvalue weighted by Crippen LogP contribution is 2.15. The maximum atomic E-state index is 10.9. The lowest BCUT2D eigenvalue weighted by atomic mass is 10.0. The van der Waals surface area contributed by atoms with Gasteiger partial charge in [-0.25, -0.2) is 8.42 Å². The molecule has 0 aliphatic rings. The highest BCUT2D eigenvalue weighted by molar-refractivity contribution is 9.09. The van der Waals surface area contributed by atoms with Crippen LogP contribution in [0.4, 0.5) is 0 Å². The molecule has 0 heterocycles.